The molecule has 2 aromatic rings. The smallest absolute Gasteiger partial charge is 0.231 e. The molecule has 2 rings (SSSR count). The fourth-order valence-corrected chi connectivity index (χ4v) is 2.39. The molecule has 0 aliphatic rings. The van der Waals surface area contributed by atoms with Gasteiger partial charge in [0, 0.05) is 24.6 Å². The molecule has 0 spiro atoms. The molecule has 0 saturated heterocycles. The number of hydrogen-bond acceptors (Lipinski definition) is 5. The van der Waals surface area contributed by atoms with E-state index in [1.165, 1.54) is 0 Å². The van der Waals surface area contributed by atoms with Crippen molar-refractivity contribution in [1.82, 2.24) is 15.5 Å². The van der Waals surface area contributed by atoms with Gasteiger partial charge in [-0.05, 0) is 37.1 Å². The highest BCUT2D eigenvalue weighted by Gasteiger charge is 2.16. The van der Waals surface area contributed by atoms with Crippen LogP contribution in [-0.4, -0.2) is 29.1 Å². The highest BCUT2D eigenvalue weighted by Crippen LogP contribution is 2.20. The third-order valence-corrected chi connectivity index (χ3v) is 3.78. The molecule has 0 aliphatic heterocycles. The van der Waals surface area contributed by atoms with Crippen LogP contribution in [0.1, 0.15) is 51.4 Å². The zero-order valence-corrected chi connectivity index (χ0v) is 15.7. The number of rotatable bonds is 7. The van der Waals surface area contributed by atoms with Crippen LogP contribution in [0, 0.1) is 5.41 Å². The number of nitrogens with zero attached hydrogens (tertiary/aromatic N) is 2. The van der Waals surface area contributed by atoms with Crippen LogP contribution in [0.3, 0.4) is 0 Å². The third kappa shape index (κ3) is 6.66. The van der Waals surface area contributed by atoms with Crippen molar-refractivity contribution < 1.29 is 9.32 Å². The summed E-state index contributed by atoms with van der Waals surface area (Å²) in [6, 6.07) is 8.04. The molecule has 6 heteroatoms. The minimum absolute atomic E-state index is 0.0233. The molecule has 1 amide bonds. The van der Waals surface area contributed by atoms with Gasteiger partial charge in [-0.15, -0.1) is 0 Å². The average molecular weight is 344 g/mol. The summed E-state index contributed by atoms with van der Waals surface area (Å²) in [6.07, 6.45) is 1.81. The molecule has 25 heavy (non-hydrogen) atoms. The summed E-state index contributed by atoms with van der Waals surface area (Å²) < 4.78 is 5.30. The SMILES string of the molecule is CNC(C)Cc1noc(Cc2ccc(NC(=O)CC(C)(C)C)cc2)n1. The van der Waals surface area contributed by atoms with Crippen molar-refractivity contribution in [1.29, 1.82) is 0 Å². The highest BCUT2D eigenvalue weighted by atomic mass is 16.5. The first-order chi connectivity index (χ1) is 11.7. The molecule has 1 heterocycles. The minimum atomic E-state index is -0.0233. The van der Waals surface area contributed by atoms with Gasteiger partial charge >= 0.3 is 0 Å². The highest BCUT2D eigenvalue weighted by molar-refractivity contribution is 5.91. The van der Waals surface area contributed by atoms with Gasteiger partial charge in [0.05, 0.1) is 6.42 Å². The van der Waals surface area contributed by atoms with E-state index in [1.54, 1.807) is 0 Å². The van der Waals surface area contributed by atoms with Gasteiger partial charge in [-0.3, -0.25) is 4.79 Å². The number of nitrogens with one attached hydrogen (secondary N) is 2. The summed E-state index contributed by atoms with van der Waals surface area (Å²) in [7, 11) is 1.91. The van der Waals surface area contributed by atoms with Crippen LogP contribution < -0.4 is 10.6 Å². The second-order valence-corrected chi connectivity index (χ2v) is 7.66. The topological polar surface area (TPSA) is 80.0 Å². The molecule has 1 aromatic carbocycles. The fraction of sp³-hybridized carbons (Fsp3) is 0.526. The quantitative estimate of drug-likeness (QED) is 0.806. The van der Waals surface area contributed by atoms with Gasteiger partial charge in [0.15, 0.2) is 5.82 Å². The second-order valence-electron chi connectivity index (χ2n) is 7.66. The van der Waals surface area contributed by atoms with Crippen molar-refractivity contribution >= 4 is 11.6 Å². The first kappa shape index (κ1) is 19.1. The Labute approximate surface area is 149 Å². The standard InChI is InChI=1S/C19H28N4O2/c1-13(20-5)10-16-22-18(25-23-16)11-14-6-8-15(9-7-14)21-17(24)12-19(2,3)4/h6-9,13,20H,10-12H2,1-5H3,(H,21,24). The first-order valence-electron chi connectivity index (χ1n) is 8.63. The summed E-state index contributed by atoms with van der Waals surface area (Å²) in [5.74, 6) is 1.34. The summed E-state index contributed by atoms with van der Waals surface area (Å²) in [5, 5.41) is 10.1. The first-order valence-corrected chi connectivity index (χ1v) is 8.63. The van der Waals surface area contributed by atoms with E-state index in [4.69, 9.17) is 4.52 Å². The molecular formula is C19H28N4O2. The van der Waals surface area contributed by atoms with Crippen LogP contribution in [-0.2, 0) is 17.6 Å². The van der Waals surface area contributed by atoms with Crippen LogP contribution in [0.25, 0.3) is 0 Å². The van der Waals surface area contributed by atoms with Gasteiger partial charge < -0.3 is 15.2 Å². The average Bonchev–Trinajstić information content (AvgIpc) is 2.94. The molecule has 0 saturated carbocycles. The van der Waals surface area contributed by atoms with E-state index >= 15 is 0 Å². The number of carbonyl (C=O) groups is 1. The Morgan fingerprint density at radius 2 is 1.92 bits per heavy atom. The summed E-state index contributed by atoms with van der Waals surface area (Å²) >= 11 is 0. The molecule has 0 fully saturated rings. The van der Waals surface area contributed by atoms with Gasteiger partial charge in [0.2, 0.25) is 11.8 Å². The zero-order valence-electron chi connectivity index (χ0n) is 15.7. The summed E-state index contributed by atoms with van der Waals surface area (Å²) in [5.41, 5.74) is 1.84. The predicted octanol–water partition coefficient (Wildman–Crippen LogP) is 3.19. The molecule has 2 N–H and O–H groups in total. The molecule has 0 bridgehead atoms. The second kappa shape index (κ2) is 8.25. The number of aromatic nitrogens is 2. The van der Waals surface area contributed by atoms with Gasteiger partial charge in [-0.1, -0.05) is 38.1 Å². The normalized spacial score (nSPS) is 12.8. The van der Waals surface area contributed by atoms with Crippen LogP contribution in [0.4, 0.5) is 5.69 Å². The van der Waals surface area contributed by atoms with E-state index in [1.807, 2.05) is 52.1 Å². The van der Waals surface area contributed by atoms with E-state index in [0.29, 0.717) is 30.6 Å². The summed E-state index contributed by atoms with van der Waals surface area (Å²) in [4.78, 5) is 16.4. The van der Waals surface area contributed by atoms with Crippen molar-refractivity contribution in [3.05, 3.63) is 41.5 Å². The van der Waals surface area contributed by atoms with Gasteiger partial charge in [-0.25, -0.2) is 0 Å². The lowest BCUT2D eigenvalue weighted by Gasteiger charge is -2.17. The van der Waals surface area contributed by atoms with Crippen molar-refractivity contribution in [2.45, 2.75) is 53.0 Å². The van der Waals surface area contributed by atoms with Gasteiger partial charge in [0.1, 0.15) is 0 Å². The lowest BCUT2D eigenvalue weighted by atomic mass is 9.92. The number of anilines is 1. The minimum Gasteiger partial charge on any atom is -0.339 e. The van der Waals surface area contributed by atoms with Crippen LogP contribution >= 0.6 is 0 Å². The molecular weight excluding hydrogens is 316 g/mol. The van der Waals surface area contributed by atoms with Crippen LogP contribution in [0.15, 0.2) is 28.8 Å². The molecule has 1 unspecified atom stereocenters. The van der Waals surface area contributed by atoms with Gasteiger partial charge in [-0.2, -0.15) is 4.98 Å². The monoisotopic (exact) mass is 344 g/mol. The lowest BCUT2D eigenvalue weighted by Crippen LogP contribution is -2.24. The van der Waals surface area contributed by atoms with E-state index in [0.717, 1.165) is 17.7 Å². The van der Waals surface area contributed by atoms with E-state index in [9.17, 15) is 4.79 Å². The lowest BCUT2D eigenvalue weighted by molar-refractivity contribution is -0.117. The van der Waals surface area contributed by atoms with Crippen molar-refractivity contribution in [3.63, 3.8) is 0 Å². The van der Waals surface area contributed by atoms with Gasteiger partial charge in [0.25, 0.3) is 0 Å². The van der Waals surface area contributed by atoms with Crippen molar-refractivity contribution in [2.75, 3.05) is 12.4 Å². The Kier molecular flexibility index (Phi) is 6.31. The Hall–Kier alpha value is -2.21. The maximum atomic E-state index is 12.0. The van der Waals surface area contributed by atoms with E-state index in [2.05, 4.69) is 27.7 Å². The van der Waals surface area contributed by atoms with E-state index in [-0.39, 0.29) is 11.3 Å². The third-order valence-electron chi connectivity index (χ3n) is 3.78. The molecule has 136 valence electrons. The Morgan fingerprint density at radius 1 is 1.24 bits per heavy atom. The predicted molar refractivity (Wildman–Crippen MR) is 98.5 cm³/mol. The number of amides is 1. The zero-order chi connectivity index (χ0) is 18.4. The van der Waals surface area contributed by atoms with E-state index < -0.39 is 0 Å². The van der Waals surface area contributed by atoms with Crippen LogP contribution in [0.2, 0.25) is 0 Å². The number of benzene rings is 1. The Morgan fingerprint density at radius 3 is 2.52 bits per heavy atom. The van der Waals surface area contributed by atoms with Crippen molar-refractivity contribution in [3.8, 4) is 0 Å². The van der Waals surface area contributed by atoms with Crippen LogP contribution in [0.5, 0.6) is 0 Å². The fourth-order valence-electron chi connectivity index (χ4n) is 2.39. The maximum absolute atomic E-state index is 12.0. The number of carbonyl (C=O) groups excluding carboxylic acids is 1. The Balaban J connectivity index is 1.91. The maximum Gasteiger partial charge on any atom is 0.231 e. The largest absolute Gasteiger partial charge is 0.339 e. The molecule has 0 radical (unpaired) electrons. The Bertz CT molecular complexity index is 686. The summed E-state index contributed by atoms with van der Waals surface area (Å²) in [6.45, 7) is 8.21. The molecule has 1 aromatic heterocycles. The molecule has 6 nitrogen and oxygen atoms in total. The number of hydrogen-bond donors (Lipinski definition) is 2. The van der Waals surface area contributed by atoms with Crippen molar-refractivity contribution in [2.24, 2.45) is 5.41 Å². The number of likely N-dealkylation sites (N-methyl/N-ethyl adjacent to an activating group) is 1. The molecule has 1 atom stereocenters. The molecule has 0 aliphatic carbocycles.